The van der Waals surface area contributed by atoms with Crippen molar-refractivity contribution in [3.8, 4) is 5.75 Å². The van der Waals surface area contributed by atoms with Crippen LogP contribution in [-0.2, 0) is 17.9 Å². The van der Waals surface area contributed by atoms with Crippen LogP contribution < -0.4 is 10.1 Å². The molecule has 3 rings (SSSR count). The maximum atomic E-state index is 13.1. The van der Waals surface area contributed by atoms with Gasteiger partial charge in [0.25, 0.3) is 5.91 Å². The normalized spacial score (nSPS) is 10.5. The fourth-order valence-electron chi connectivity index (χ4n) is 2.23. The summed E-state index contributed by atoms with van der Waals surface area (Å²) < 4.78 is 20.1. The van der Waals surface area contributed by atoms with Crippen molar-refractivity contribution in [2.45, 2.75) is 13.1 Å². The molecule has 2 aromatic carbocycles. The van der Waals surface area contributed by atoms with Crippen LogP contribution >= 0.6 is 11.6 Å². The van der Waals surface area contributed by atoms with Crippen molar-refractivity contribution in [2.75, 3.05) is 6.61 Å². The molecule has 1 heterocycles. The van der Waals surface area contributed by atoms with Crippen LogP contribution in [0.1, 0.15) is 11.1 Å². The van der Waals surface area contributed by atoms with Crippen LogP contribution in [0, 0.1) is 5.82 Å². The van der Waals surface area contributed by atoms with E-state index in [1.807, 2.05) is 24.3 Å². The van der Waals surface area contributed by atoms with Crippen molar-refractivity contribution in [1.82, 2.24) is 20.1 Å². The molecule has 0 fully saturated rings. The van der Waals surface area contributed by atoms with Gasteiger partial charge in [-0.2, -0.15) is 5.10 Å². The molecule has 0 radical (unpaired) electrons. The molecular weight excluding hydrogens is 359 g/mol. The van der Waals surface area contributed by atoms with E-state index >= 15 is 0 Å². The Hall–Kier alpha value is -2.93. The van der Waals surface area contributed by atoms with Crippen LogP contribution in [0.5, 0.6) is 5.75 Å². The van der Waals surface area contributed by atoms with Gasteiger partial charge in [-0.1, -0.05) is 35.9 Å². The van der Waals surface area contributed by atoms with Gasteiger partial charge in [0.1, 0.15) is 24.2 Å². The van der Waals surface area contributed by atoms with E-state index in [1.54, 1.807) is 11.0 Å². The maximum Gasteiger partial charge on any atom is 0.258 e. The van der Waals surface area contributed by atoms with Gasteiger partial charge in [0.2, 0.25) is 0 Å². The number of ether oxygens (including phenoxy) is 1. The SMILES string of the molecule is O=C(COc1ccc(F)c(Cl)c1)NCc1ccc(Cn2cncn2)cc1. The Morgan fingerprint density at radius 2 is 1.96 bits per heavy atom. The highest BCUT2D eigenvalue weighted by Crippen LogP contribution is 2.20. The lowest BCUT2D eigenvalue weighted by Gasteiger charge is -2.09. The highest BCUT2D eigenvalue weighted by Gasteiger charge is 2.06. The first-order chi connectivity index (χ1) is 12.6. The highest BCUT2D eigenvalue weighted by atomic mass is 35.5. The number of hydrogen-bond acceptors (Lipinski definition) is 4. The van der Waals surface area contributed by atoms with Gasteiger partial charge in [0.05, 0.1) is 11.6 Å². The average molecular weight is 375 g/mol. The molecule has 1 amide bonds. The molecule has 0 aliphatic carbocycles. The van der Waals surface area contributed by atoms with E-state index in [4.69, 9.17) is 16.3 Å². The van der Waals surface area contributed by atoms with Gasteiger partial charge in [-0.25, -0.2) is 14.1 Å². The summed E-state index contributed by atoms with van der Waals surface area (Å²) in [4.78, 5) is 15.8. The van der Waals surface area contributed by atoms with E-state index in [2.05, 4.69) is 15.4 Å². The van der Waals surface area contributed by atoms with Crippen LogP contribution in [0.2, 0.25) is 5.02 Å². The van der Waals surface area contributed by atoms with Gasteiger partial charge in [-0.05, 0) is 23.3 Å². The smallest absolute Gasteiger partial charge is 0.258 e. The molecule has 6 nitrogen and oxygen atoms in total. The summed E-state index contributed by atoms with van der Waals surface area (Å²) in [6.45, 7) is 0.850. The number of hydrogen-bond donors (Lipinski definition) is 1. The van der Waals surface area contributed by atoms with Crippen LogP contribution in [0.25, 0.3) is 0 Å². The Kier molecular flexibility index (Phi) is 5.80. The second-order valence-corrected chi connectivity index (χ2v) is 5.96. The minimum absolute atomic E-state index is 0.0473. The molecule has 0 atom stereocenters. The summed E-state index contributed by atoms with van der Waals surface area (Å²) in [6, 6.07) is 11.8. The molecule has 134 valence electrons. The Morgan fingerprint density at radius 3 is 2.65 bits per heavy atom. The Balaban J connectivity index is 1.44. The summed E-state index contributed by atoms with van der Waals surface area (Å²) in [5.41, 5.74) is 2.05. The number of carbonyl (C=O) groups is 1. The van der Waals surface area contributed by atoms with Gasteiger partial charge in [0.15, 0.2) is 6.61 Å². The maximum absolute atomic E-state index is 13.1. The van der Waals surface area contributed by atoms with Crippen LogP contribution in [0.15, 0.2) is 55.1 Å². The minimum atomic E-state index is -0.532. The molecule has 1 N–H and O–H groups in total. The van der Waals surface area contributed by atoms with Gasteiger partial charge in [-0.3, -0.25) is 4.79 Å². The molecule has 0 aliphatic rings. The van der Waals surface area contributed by atoms with E-state index in [-0.39, 0.29) is 17.5 Å². The monoisotopic (exact) mass is 374 g/mol. The predicted molar refractivity (Wildman–Crippen MR) is 94.3 cm³/mol. The van der Waals surface area contributed by atoms with Crippen molar-refractivity contribution < 1.29 is 13.9 Å². The van der Waals surface area contributed by atoms with E-state index in [1.165, 1.54) is 24.5 Å². The summed E-state index contributed by atoms with van der Waals surface area (Å²) in [5, 5.41) is 6.77. The largest absolute Gasteiger partial charge is 0.484 e. The van der Waals surface area contributed by atoms with Crippen molar-refractivity contribution in [3.05, 3.63) is 77.1 Å². The third-order valence-electron chi connectivity index (χ3n) is 3.58. The first-order valence-corrected chi connectivity index (χ1v) is 8.23. The quantitative estimate of drug-likeness (QED) is 0.690. The molecule has 0 saturated carbocycles. The molecule has 0 aliphatic heterocycles. The summed E-state index contributed by atoms with van der Waals surface area (Å²) in [7, 11) is 0. The van der Waals surface area contributed by atoms with Crippen LogP contribution in [-0.4, -0.2) is 27.3 Å². The number of nitrogens with one attached hydrogen (secondary N) is 1. The Bertz CT molecular complexity index is 869. The summed E-state index contributed by atoms with van der Waals surface area (Å²) in [5.74, 6) is -0.475. The molecule has 3 aromatic rings. The fraction of sp³-hybridized carbons (Fsp3) is 0.167. The minimum Gasteiger partial charge on any atom is -0.484 e. The first kappa shape index (κ1) is 17.9. The topological polar surface area (TPSA) is 69.0 Å². The number of amides is 1. The number of aromatic nitrogens is 3. The second-order valence-electron chi connectivity index (χ2n) is 5.55. The zero-order chi connectivity index (χ0) is 18.4. The van der Waals surface area contributed by atoms with Crippen LogP contribution in [0.4, 0.5) is 4.39 Å². The fourth-order valence-corrected chi connectivity index (χ4v) is 2.40. The number of halogens is 2. The van der Waals surface area contributed by atoms with Gasteiger partial charge < -0.3 is 10.1 Å². The lowest BCUT2D eigenvalue weighted by molar-refractivity contribution is -0.123. The zero-order valence-electron chi connectivity index (χ0n) is 13.7. The molecule has 1 aromatic heterocycles. The van der Waals surface area contributed by atoms with E-state index in [0.29, 0.717) is 18.8 Å². The van der Waals surface area contributed by atoms with Crippen molar-refractivity contribution >= 4 is 17.5 Å². The summed E-state index contributed by atoms with van der Waals surface area (Å²) in [6.07, 6.45) is 3.15. The predicted octanol–water partition coefficient (Wildman–Crippen LogP) is 2.81. The van der Waals surface area contributed by atoms with Crippen molar-refractivity contribution in [1.29, 1.82) is 0 Å². The molecule has 8 heteroatoms. The second kappa shape index (κ2) is 8.44. The van der Waals surface area contributed by atoms with Crippen LogP contribution in [0.3, 0.4) is 0 Å². The number of nitrogens with zero attached hydrogens (tertiary/aromatic N) is 3. The summed E-state index contributed by atoms with van der Waals surface area (Å²) >= 11 is 5.66. The molecule has 0 unspecified atom stereocenters. The lowest BCUT2D eigenvalue weighted by Crippen LogP contribution is -2.28. The average Bonchev–Trinajstić information content (AvgIpc) is 3.15. The lowest BCUT2D eigenvalue weighted by atomic mass is 10.1. The van der Waals surface area contributed by atoms with E-state index < -0.39 is 5.82 Å². The number of carbonyl (C=O) groups excluding carboxylic acids is 1. The third kappa shape index (κ3) is 5.03. The zero-order valence-corrected chi connectivity index (χ0v) is 14.5. The first-order valence-electron chi connectivity index (χ1n) is 7.85. The Labute approximate surface area is 154 Å². The standard InChI is InChI=1S/C18H16ClFN4O2/c19-16-7-15(5-6-17(16)20)26-10-18(25)22-8-13-1-3-14(4-2-13)9-24-12-21-11-23-24/h1-7,11-12H,8-10H2,(H,22,25). The Morgan fingerprint density at radius 1 is 1.19 bits per heavy atom. The van der Waals surface area contributed by atoms with Gasteiger partial charge in [0, 0.05) is 12.6 Å². The van der Waals surface area contributed by atoms with Crippen molar-refractivity contribution in [3.63, 3.8) is 0 Å². The van der Waals surface area contributed by atoms with Crippen molar-refractivity contribution in [2.24, 2.45) is 0 Å². The number of benzene rings is 2. The van der Waals surface area contributed by atoms with Gasteiger partial charge in [-0.15, -0.1) is 0 Å². The van der Waals surface area contributed by atoms with Gasteiger partial charge >= 0.3 is 0 Å². The van der Waals surface area contributed by atoms with E-state index in [9.17, 15) is 9.18 Å². The molecular formula is C18H16ClFN4O2. The molecule has 0 saturated heterocycles. The number of rotatable bonds is 7. The van der Waals surface area contributed by atoms with E-state index in [0.717, 1.165) is 11.1 Å². The molecule has 0 spiro atoms. The molecule has 26 heavy (non-hydrogen) atoms. The third-order valence-corrected chi connectivity index (χ3v) is 3.87. The highest BCUT2D eigenvalue weighted by molar-refractivity contribution is 6.30. The molecule has 0 bridgehead atoms.